The maximum atomic E-state index is 13.0. The van der Waals surface area contributed by atoms with E-state index in [9.17, 15) is 14.0 Å². The van der Waals surface area contributed by atoms with E-state index in [-0.39, 0.29) is 29.9 Å². The smallest absolute Gasteiger partial charge is 0.274 e. The second kappa shape index (κ2) is 9.10. The SMILES string of the molecule is CCc1cccc(C)c1NC(=O)c1cc(C(=O)NCc2ccc(F)cc2)ccn1. The van der Waals surface area contributed by atoms with Crippen molar-refractivity contribution in [3.8, 4) is 0 Å². The van der Waals surface area contributed by atoms with Crippen LogP contribution in [0.15, 0.2) is 60.8 Å². The van der Waals surface area contributed by atoms with Gasteiger partial charge in [0.15, 0.2) is 0 Å². The molecule has 0 saturated heterocycles. The molecule has 0 saturated carbocycles. The summed E-state index contributed by atoms with van der Waals surface area (Å²) in [5.74, 6) is -1.04. The standard InChI is InChI=1S/C23H22FN3O2/c1-3-17-6-4-5-15(2)21(17)27-23(29)20-13-18(11-12-25-20)22(28)26-14-16-7-9-19(24)10-8-16/h4-13H,3,14H2,1-2H3,(H,26,28)(H,27,29). The number of anilines is 1. The van der Waals surface area contributed by atoms with Gasteiger partial charge in [-0.1, -0.05) is 37.3 Å². The molecule has 0 radical (unpaired) electrons. The van der Waals surface area contributed by atoms with Crippen LogP contribution in [0.4, 0.5) is 10.1 Å². The van der Waals surface area contributed by atoms with Crippen molar-refractivity contribution in [2.24, 2.45) is 0 Å². The Labute approximate surface area is 169 Å². The van der Waals surface area contributed by atoms with Gasteiger partial charge in [-0.25, -0.2) is 4.39 Å². The summed E-state index contributed by atoms with van der Waals surface area (Å²) in [7, 11) is 0. The highest BCUT2D eigenvalue weighted by molar-refractivity contribution is 6.05. The van der Waals surface area contributed by atoms with Gasteiger partial charge in [0, 0.05) is 24.0 Å². The molecule has 0 spiro atoms. The molecule has 1 heterocycles. The van der Waals surface area contributed by atoms with Crippen LogP contribution >= 0.6 is 0 Å². The average Bonchev–Trinajstić information content (AvgIpc) is 2.74. The van der Waals surface area contributed by atoms with Crippen LogP contribution in [0.2, 0.25) is 0 Å². The number of para-hydroxylation sites is 1. The van der Waals surface area contributed by atoms with Crippen LogP contribution in [0, 0.1) is 12.7 Å². The summed E-state index contributed by atoms with van der Waals surface area (Å²) in [6, 6.07) is 14.7. The van der Waals surface area contributed by atoms with E-state index in [1.54, 1.807) is 18.2 Å². The number of carbonyl (C=O) groups is 2. The van der Waals surface area contributed by atoms with Crippen LogP contribution in [0.1, 0.15) is 44.5 Å². The number of hydrogen-bond donors (Lipinski definition) is 2. The molecule has 2 amide bonds. The minimum absolute atomic E-state index is 0.157. The van der Waals surface area contributed by atoms with Crippen molar-refractivity contribution in [1.82, 2.24) is 10.3 Å². The van der Waals surface area contributed by atoms with E-state index in [2.05, 4.69) is 15.6 Å². The first-order valence-electron chi connectivity index (χ1n) is 9.36. The molecular formula is C23H22FN3O2. The molecule has 0 atom stereocenters. The number of benzene rings is 2. The first-order chi connectivity index (χ1) is 14.0. The maximum absolute atomic E-state index is 13.0. The van der Waals surface area contributed by atoms with E-state index in [0.29, 0.717) is 5.56 Å². The molecule has 3 aromatic rings. The van der Waals surface area contributed by atoms with Crippen LogP contribution in [0.3, 0.4) is 0 Å². The Hall–Kier alpha value is -3.54. The molecule has 0 fully saturated rings. The fourth-order valence-electron chi connectivity index (χ4n) is 2.96. The number of nitrogens with zero attached hydrogens (tertiary/aromatic N) is 1. The highest BCUT2D eigenvalue weighted by atomic mass is 19.1. The van der Waals surface area contributed by atoms with Crippen LogP contribution in [-0.2, 0) is 13.0 Å². The molecule has 1 aromatic heterocycles. The summed E-state index contributed by atoms with van der Waals surface area (Å²) in [6.07, 6.45) is 2.22. The third-order valence-corrected chi connectivity index (χ3v) is 4.60. The van der Waals surface area contributed by atoms with Crippen LogP contribution in [0.25, 0.3) is 0 Å². The number of aryl methyl sites for hydroxylation is 2. The van der Waals surface area contributed by atoms with Crippen molar-refractivity contribution < 1.29 is 14.0 Å². The number of amides is 2. The lowest BCUT2D eigenvalue weighted by molar-refractivity contribution is 0.0951. The molecule has 29 heavy (non-hydrogen) atoms. The molecule has 0 bridgehead atoms. The Morgan fingerprint density at radius 2 is 1.79 bits per heavy atom. The third kappa shape index (κ3) is 5.04. The van der Waals surface area contributed by atoms with E-state index < -0.39 is 0 Å². The normalized spacial score (nSPS) is 10.4. The molecule has 0 aliphatic carbocycles. The summed E-state index contributed by atoms with van der Waals surface area (Å²) in [6.45, 7) is 4.21. The Balaban J connectivity index is 1.71. The third-order valence-electron chi connectivity index (χ3n) is 4.60. The Morgan fingerprint density at radius 3 is 2.52 bits per heavy atom. The van der Waals surface area contributed by atoms with Crippen molar-refractivity contribution in [2.75, 3.05) is 5.32 Å². The minimum Gasteiger partial charge on any atom is -0.348 e. The van der Waals surface area contributed by atoms with E-state index in [0.717, 1.165) is 28.8 Å². The largest absolute Gasteiger partial charge is 0.348 e. The molecule has 2 N–H and O–H groups in total. The topological polar surface area (TPSA) is 71.1 Å². The number of rotatable bonds is 6. The zero-order valence-electron chi connectivity index (χ0n) is 16.3. The number of pyridine rings is 1. The summed E-state index contributed by atoms with van der Waals surface area (Å²) in [4.78, 5) is 29.2. The zero-order valence-corrected chi connectivity index (χ0v) is 16.3. The van der Waals surface area contributed by atoms with Gasteiger partial charge >= 0.3 is 0 Å². The predicted octanol–water partition coefficient (Wildman–Crippen LogP) is 4.27. The molecule has 0 aliphatic rings. The first kappa shape index (κ1) is 20.2. The van der Waals surface area contributed by atoms with Gasteiger partial charge in [0.1, 0.15) is 11.5 Å². The summed E-state index contributed by atoms with van der Waals surface area (Å²) in [5.41, 5.74) is 4.03. The van der Waals surface area contributed by atoms with E-state index in [1.807, 2.05) is 32.0 Å². The van der Waals surface area contributed by atoms with Gasteiger partial charge in [-0.15, -0.1) is 0 Å². The van der Waals surface area contributed by atoms with Gasteiger partial charge < -0.3 is 10.6 Å². The molecular weight excluding hydrogens is 369 g/mol. The first-order valence-corrected chi connectivity index (χ1v) is 9.36. The fourth-order valence-corrected chi connectivity index (χ4v) is 2.96. The molecule has 0 aliphatic heterocycles. The van der Waals surface area contributed by atoms with Crippen LogP contribution in [-0.4, -0.2) is 16.8 Å². The van der Waals surface area contributed by atoms with Gasteiger partial charge in [0.2, 0.25) is 0 Å². The number of carbonyl (C=O) groups excluding carboxylic acids is 2. The molecule has 0 unspecified atom stereocenters. The molecule has 3 rings (SSSR count). The predicted molar refractivity (Wildman–Crippen MR) is 110 cm³/mol. The minimum atomic E-state index is -0.373. The Morgan fingerprint density at radius 1 is 1.03 bits per heavy atom. The van der Waals surface area contributed by atoms with Gasteiger partial charge in [0.25, 0.3) is 11.8 Å². The summed E-state index contributed by atoms with van der Waals surface area (Å²) < 4.78 is 13.0. The van der Waals surface area contributed by atoms with Crippen molar-refractivity contribution in [3.05, 3.63) is 94.6 Å². The highest BCUT2D eigenvalue weighted by Gasteiger charge is 2.14. The lowest BCUT2D eigenvalue weighted by atomic mass is 10.1. The average molecular weight is 391 g/mol. The number of nitrogens with one attached hydrogen (secondary N) is 2. The van der Waals surface area contributed by atoms with Crippen LogP contribution in [0.5, 0.6) is 0 Å². The van der Waals surface area contributed by atoms with Crippen molar-refractivity contribution >= 4 is 17.5 Å². The fraction of sp³-hybridized carbons (Fsp3) is 0.174. The molecule has 148 valence electrons. The monoisotopic (exact) mass is 391 g/mol. The Kier molecular flexibility index (Phi) is 6.34. The second-order valence-corrected chi connectivity index (χ2v) is 6.66. The molecule has 5 nitrogen and oxygen atoms in total. The van der Waals surface area contributed by atoms with E-state index >= 15 is 0 Å². The van der Waals surface area contributed by atoms with Gasteiger partial charge in [-0.3, -0.25) is 14.6 Å². The number of aromatic nitrogens is 1. The highest BCUT2D eigenvalue weighted by Crippen LogP contribution is 2.21. The van der Waals surface area contributed by atoms with Crippen molar-refractivity contribution in [3.63, 3.8) is 0 Å². The summed E-state index contributed by atoms with van der Waals surface area (Å²) >= 11 is 0. The van der Waals surface area contributed by atoms with E-state index in [1.165, 1.54) is 24.4 Å². The summed E-state index contributed by atoms with van der Waals surface area (Å²) in [5, 5.41) is 5.66. The van der Waals surface area contributed by atoms with Gasteiger partial charge in [-0.05, 0) is 54.3 Å². The van der Waals surface area contributed by atoms with E-state index in [4.69, 9.17) is 0 Å². The quantitative estimate of drug-likeness (QED) is 0.659. The lowest BCUT2D eigenvalue weighted by Gasteiger charge is -2.13. The molecule has 2 aromatic carbocycles. The van der Waals surface area contributed by atoms with Gasteiger partial charge in [-0.2, -0.15) is 0 Å². The number of hydrogen-bond acceptors (Lipinski definition) is 3. The van der Waals surface area contributed by atoms with Crippen molar-refractivity contribution in [1.29, 1.82) is 0 Å². The van der Waals surface area contributed by atoms with Crippen LogP contribution < -0.4 is 10.6 Å². The number of halogens is 1. The maximum Gasteiger partial charge on any atom is 0.274 e. The van der Waals surface area contributed by atoms with Gasteiger partial charge in [0.05, 0.1) is 0 Å². The Bertz CT molecular complexity index is 1030. The molecule has 6 heteroatoms. The second-order valence-electron chi connectivity index (χ2n) is 6.66. The zero-order chi connectivity index (χ0) is 20.8. The van der Waals surface area contributed by atoms with Crippen molar-refractivity contribution in [2.45, 2.75) is 26.8 Å². The lowest BCUT2D eigenvalue weighted by Crippen LogP contribution is -2.24.